The average Bonchev–Trinajstić information content (AvgIpc) is 3.37. The van der Waals surface area contributed by atoms with Crippen molar-refractivity contribution in [2.24, 2.45) is 0 Å². The van der Waals surface area contributed by atoms with Crippen LogP contribution in [0.25, 0.3) is 39.0 Å². The third kappa shape index (κ3) is 2.36. The lowest BCUT2D eigenvalue weighted by Crippen LogP contribution is -1.84. The maximum absolute atomic E-state index is 9.25. The minimum Gasteiger partial charge on any atom is -0.461 e. The fourth-order valence-electron chi connectivity index (χ4n) is 3.08. The van der Waals surface area contributed by atoms with Gasteiger partial charge in [-0.15, -0.1) is 11.3 Å². The number of hydrogen-bond donors (Lipinski definition) is 1. The van der Waals surface area contributed by atoms with E-state index < -0.39 is 0 Å². The fraction of sp³-hybridized carbons (Fsp3) is 0.0500. The molecule has 25 heavy (non-hydrogen) atoms. The van der Waals surface area contributed by atoms with Crippen LogP contribution in [0.15, 0.2) is 70.9 Å². The highest BCUT2D eigenvalue weighted by Crippen LogP contribution is 2.31. The molecule has 0 saturated heterocycles. The van der Waals surface area contributed by atoms with Crippen LogP contribution in [-0.2, 0) is 6.61 Å². The molecule has 5 rings (SSSR count). The van der Waals surface area contributed by atoms with Gasteiger partial charge in [0, 0.05) is 28.0 Å². The van der Waals surface area contributed by atoms with E-state index in [0.29, 0.717) is 0 Å². The van der Waals surface area contributed by atoms with Crippen molar-refractivity contribution >= 4 is 27.8 Å². The summed E-state index contributed by atoms with van der Waals surface area (Å²) in [6.45, 7) is 0.0771. The van der Waals surface area contributed by atoms with Crippen molar-refractivity contribution in [3.05, 3.63) is 71.4 Å². The zero-order chi connectivity index (χ0) is 16.8. The van der Waals surface area contributed by atoms with E-state index >= 15 is 0 Å². The number of aromatic nitrogens is 2. The van der Waals surface area contributed by atoms with Gasteiger partial charge in [0.05, 0.1) is 12.9 Å². The third-order valence-corrected chi connectivity index (χ3v) is 5.26. The van der Waals surface area contributed by atoms with Crippen molar-refractivity contribution in [3.63, 3.8) is 0 Å². The number of hydrogen-bond acceptors (Lipinski definition) is 4. The predicted octanol–water partition coefficient (Wildman–Crippen LogP) is 4.97. The average molecular weight is 346 g/mol. The standard InChI is InChI=1S/C20H14N2O2S/c23-10-16-7-15(12-25-16)13-5-6-19-21-18(9-22(19)8-13)20-17-4-2-1-3-14(17)11-24-20/h1-9,11-12,23H,10H2. The van der Waals surface area contributed by atoms with Crippen LogP contribution in [0.2, 0.25) is 0 Å². The molecule has 122 valence electrons. The number of fused-ring (bicyclic) bond motifs is 2. The summed E-state index contributed by atoms with van der Waals surface area (Å²) in [7, 11) is 0. The first-order valence-electron chi connectivity index (χ1n) is 7.96. The summed E-state index contributed by atoms with van der Waals surface area (Å²) in [5.41, 5.74) is 3.89. The Bertz CT molecular complexity index is 1200. The molecule has 0 fully saturated rings. The molecule has 1 N–H and O–H groups in total. The molecule has 0 saturated carbocycles. The number of aliphatic hydroxyl groups excluding tert-OH is 1. The van der Waals surface area contributed by atoms with Gasteiger partial charge in [0.1, 0.15) is 11.3 Å². The van der Waals surface area contributed by atoms with Gasteiger partial charge in [-0.25, -0.2) is 4.98 Å². The number of furan rings is 1. The zero-order valence-electron chi connectivity index (χ0n) is 13.2. The first-order chi connectivity index (χ1) is 12.3. The summed E-state index contributed by atoms with van der Waals surface area (Å²) in [6.07, 6.45) is 5.81. The van der Waals surface area contributed by atoms with Crippen LogP contribution in [0.4, 0.5) is 0 Å². The lowest BCUT2D eigenvalue weighted by molar-refractivity contribution is 0.285. The van der Waals surface area contributed by atoms with Gasteiger partial charge < -0.3 is 13.9 Å². The summed E-state index contributed by atoms with van der Waals surface area (Å²) in [5, 5.41) is 13.5. The smallest absolute Gasteiger partial charge is 0.161 e. The fourth-order valence-corrected chi connectivity index (χ4v) is 3.83. The number of benzene rings is 1. The van der Waals surface area contributed by atoms with E-state index in [9.17, 15) is 5.11 Å². The molecule has 4 aromatic heterocycles. The predicted molar refractivity (Wildman–Crippen MR) is 99.6 cm³/mol. The summed E-state index contributed by atoms with van der Waals surface area (Å²) >= 11 is 1.56. The normalized spacial score (nSPS) is 11.6. The number of aliphatic hydroxyl groups is 1. The van der Waals surface area contributed by atoms with Crippen LogP contribution < -0.4 is 0 Å². The van der Waals surface area contributed by atoms with Crippen molar-refractivity contribution in [2.45, 2.75) is 6.61 Å². The lowest BCUT2D eigenvalue weighted by Gasteiger charge is -1.99. The maximum Gasteiger partial charge on any atom is 0.161 e. The summed E-state index contributed by atoms with van der Waals surface area (Å²) < 4.78 is 7.77. The van der Waals surface area contributed by atoms with Gasteiger partial charge in [-0.05, 0) is 34.7 Å². The highest BCUT2D eigenvalue weighted by atomic mass is 32.1. The number of imidazole rings is 1. The second kappa shape index (κ2) is 5.58. The Labute approximate surface area is 147 Å². The first-order valence-corrected chi connectivity index (χ1v) is 8.84. The van der Waals surface area contributed by atoms with Crippen LogP contribution in [0, 0.1) is 0 Å². The molecule has 0 unspecified atom stereocenters. The summed E-state index contributed by atoms with van der Waals surface area (Å²) in [6, 6.07) is 14.2. The SMILES string of the molecule is OCc1cc(-c2ccc3nc(-c4occ5ccccc45)cn3c2)cs1. The van der Waals surface area contributed by atoms with Crippen LogP contribution >= 0.6 is 11.3 Å². The van der Waals surface area contributed by atoms with E-state index in [2.05, 4.69) is 17.6 Å². The van der Waals surface area contributed by atoms with E-state index in [1.165, 1.54) is 0 Å². The van der Waals surface area contributed by atoms with Gasteiger partial charge in [0.25, 0.3) is 0 Å². The largest absolute Gasteiger partial charge is 0.461 e. The van der Waals surface area contributed by atoms with Crippen molar-refractivity contribution in [1.29, 1.82) is 0 Å². The minimum absolute atomic E-state index is 0.0771. The van der Waals surface area contributed by atoms with Crippen molar-refractivity contribution in [1.82, 2.24) is 9.38 Å². The molecule has 4 heterocycles. The first kappa shape index (κ1) is 14.5. The second-order valence-electron chi connectivity index (χ2n) is 5.92. The molecular weight excluding hydrogens is 332 g/mol. The number of rotatable bonds is 3. The molecule has 0 radical (unpaired) electrons. The van der Waals surface area contributed by atoms with E-state index in [0.717, 1.165) is 43.9 Å². The molecule has 0 amide bonds. The minimum atomic E-state index is 0.0771. The van der Waals surface area contributed by atoms with Gasteiger partial charge in [-0.1, -0.05) is 24.3 Å². The molecule has 1 aromatic carbocycles. The third-order valence-electron chi connectivity index (χ3n) is 4.34. The molecule has 5 heteroatoms. The summed E-state index contributed by atoms with van der Waals surface area (Å²) in [5.74, 6) is 0.791. The molecular formula is C20H14N2O2S. The van der Waals surface area contributed by atoms with Crippen LogP contribution in [0.3, 0.4) is 0 Å². The number of pyridine rings is 1. The quantitative estimate of drug-likeness (QED) is 0.502. The second-order valence-corrected chi connectivity index (χ2v) is 6.92. The molecule has 0 bridgehead atoms. The van der Waals surface area contributed by atoms with Gasteiger partial charge >= 0.3 is 0 Å². The Hall–Kier alpha value is -2.89. The topological polar surface area (TPSA) is 50.7 Å². The van der Waals surface area contributed by atoms with E-state index in [1.807, 2.05) is 47.0 Å². The molecule has 0 aliphatic carbocycles. The van der Waals surface area contributed by atoms with Crippen LogP contribution in [-0.4, -0.2) is 14.5 Å². The molecule has 0 aliphatic rings. The van der Waals surface area contributed by atoms with Gasteiger partial charge in [-0.2, -0.15) is 0 Å². The monoisotopic (exact) mass is 346 g/mol. The van der Waals surface area contributed by atoms with Crippen LogP contribution in [0.1, 0.15) is 4.88 Å². The summed E-state index contributed by atoms with van der Waals surface area (Å²) in [4.78, 5) is 5.65. The highest BCUT2D eigenvalue weighted by molar-refractivity contribution is 7.10. The Morgan fingerprint density at radius 2 is 2.00 bits per heavy atom. The molecule has 0 atom stereocenters. The van der Waals surface area contributed by atoms with Gasteiger partial charge in [0.15, 0.2) is 5.76 Å². The van der Waals surface area contributed by atoms with Crippen molar-refractivity contribution < 1.29 is 9.52 Å². The lowest BCUT2D eigenvalue weighted by atomic mass is 10.1. The van der Waals surface area contributed by atoms with Gasteiger partial charge in [0.2, 0.25) is 0 Å². The van der Waals surface area contributed by atoms with E-state index in [1.54, 1.807) is 17.6 Å². The van der Waals surface area contributed by atoms with Crippen molar-refractivity contribution in [2.75, 3.05) is 0 Å². The number of thiophene rings is 1. The molecule has 4 nitrogen and oxygen atoms in total. The molecule has 5 aromatic rings. The maximum atomic E-state index is 9.25. The Kier molecular flexibility index (Phi) is 3.23. The molecule has 0 spiro atoms. The zero-order valence-corrected chi connectivity index (χ0v) is 14.0. The highest BCUT2D eigenvalue weighted by Gasteiger charge is 2.12. The van der Waals surface area contributed by atoms with E-state index in [4.69, 9.17) is 9.40 Å². The Morgan fingerprint density at radius 3 is 2.88 bits per heavy atom. The van der Waals surface area contributed by atoms with E-state index in [-0.39, 0.29) is 6.61 Å². The Balaban J connectivity index is 1.62. The van der Waals surface area contributed by atoms with Gasteiger partial charge in [-0.3, -0.25) is 0 Å². The van der Waals surface area contributed by atoms with Crippen molar-refractivity contribution in [3.8, 4) is 22.6 Å². The Morgan fingerprint density at radius 1 is 1.08 bits per heavy atom. The van der Waals surface area contributed by atoms with Crippen LogP contribution in [0.5, 0.6) is 0 Å². The number of nitrogens with zero attached hydrogens (tertiary/aromatic N) is 2. The molecule has 0 aliphatic heterocycles.